The minimum atomic E-state index is -4.98. The molecule has 18 heteroatoms. The summed E-state index contributed by atoms with van der Waals surface area (Å²) in [6.45, 7) is 0. The molecule has 258 valence electrons. The molecule has 6 rings (SSSR count). The van der Waals surface area contributed by atoms with Gasteiger partial charge in [-0.05, 0) is 60.0 Å². The third-order valence-corrected chi connectivity index (χ3v) is 10.9. The highest BCUT2D eigenvalue weighted by Gasteiger charge is 2.29. The molecule has 0 amide bonds. The first-order valence-corrected chi connectivity index (χ1v) is 18.1. The van der Waals surface area contributed by atoms with Gasteiger partial charge in [0.25, 0.3) is 0 Å². The highest BCUT2D eigenvalue weighted by molar-refractivity contribution is 7.87. The molecule has 0 aromatic heterocycles. The number of benzene rings is 6. The SMILES string of the molecule is O=S(=O)(Oc1ccc2c(OS(=O)(=O)c3ccc(O)c(O)c3)c3ccccc3cc2c1OS(=O)(=O)c1ccc(O)c(O)c1)c1ccc(O)c(O)c1. The number of phenolic OH excluding ortho intramolecular Hbond substituents is 6. The molecule has 0 heterocycles. The minimum absolute atomic E-state index is 0.138. The van der Waals surface area contributed by atoms with Gasteiger partial charge in [0.15, 0.2) is 51.7 Å². The number of aromatic hydroxyl groups is 6. The normalized spacial score (nSPS) is 12.2. The molecule has 0 saturated carbocycles. The van der Waals surface area contributed by atoms with Crippen LogP contribution in [0.3, 0.4) is 0 Å². The second-order valence-corrected chi connectivity index (χ2v) is 15.1. The number of hydrogen-bond acceptors (Lipinski definition) is 15. The lowest BCUT2D eigenvalue weighted by atomic mass is 10.0. The molecule has 15 nitrogen and oxygen atoms in total. The van der Waals surface area contributed by atoms with E-state index >= 15 is 0 Å². The van der Waals surface area contributed by atoms with Gasteiger partial charge in [0.1, 0.15) is 14.7 Å². The first kappa shape index (κ1) is 33.8. The van der Waals surface area contributed by atoms with Gasteiger partial charge in [0, 0.05) is 34.4 Å². The molecule has 0 spiro atoms. The zero-order valence-electron chi connectivity index (χ0n) is 24.8. The molecular formula is C32H22O15S3. The van der Waals surface area contributed by atoms with Crippen LogP contribution in [0.4, 0.5) is 0 Å². The van der Waals surface area contributed by atoms with Gasteiger partial charge < -0.3 is 43.2 Å². The number of fused-ring (bicyclic) bond motifs is 2. The molecule has 0 radical (unpaired) electrons. The van der Waals surface area contributed by atoms with Gasteiger partial charge >= 0.3 is 30.4 Å². The smallest absolute Gasteiger partial charge is 0.339 e. The Balaban J connectivity index is 1.60. The van der Waals surface area contributed by atoms with Crippen molar-refractivity contribution in [1.82, 2.24) is 0 Å². The second kappa shape index (κ2) is 12.1. The van der Waals surface area contributed by atoms with Crippen molar-refractivity contribution >= 4 is 51.9 Å². The summed E-state index contributed by atoms with van der Waals surface area (Å²) in [5.41, 5.74) is 0. The molecule has 0 unspecified atom stereocenters. The van der Waals surface area contributed by atoms with Gasteiger partial charge in [-0.2, -0.15) is 25.3 Å². The van der Waals surface area contributed by atoms with Crippen LogP contribution in [0.5, 0.6) is 51.7 Å². The summed E-state index contributed by atoms with van der Waals surface area (Å²) in [6.07, 6.45) is 0. The fourth-order valence-electron chi connectivity index (χ4n) is 4.75. The fraction of sp³-hybridized carbons (Fsp3) is 0. The molecular weight excluding hydrogens is 721 g/mol. The zero-order chi connectivity index (χ0) is 36.2. The van der Waals surface area contributed by atoms with Gasteiger partial charge in [-0.15, -0.1) is 0 Å². The molecule has 0 saturated heterocycles. The summed E-state index contributed by atoms with van der Waals surface area (Å²) in [7, 11) is -14.6. The summed E-state index contributed by atoms with van der Waals surface area (Å²) >= 11 is 0. The van der Waals surface area contributed by atoms with Crippen LogP contribution in [0.15, 0.2) is 112 Å². The lowest BCUT2D eigenvalue weighted by molar-refractivity contribution is 0.401. The van der Waals surface area contributed by atoms with Crippen molar-refractivity contribution in [2.45, 2.75) is 14.7 Å². The summed E-state index contributed by atoms with van der Waals surface area (Å²) < 4.78 is 96.9. The van der Waals surface area contributed by atoms with Crippen molar-refractivity contribution in [2.75, 3.05) is 0 Å². The minimum Gasteiger partial charge on any atom is -0.504 e. The van der Waals surface area contributed by atoms with E-state index in [-0.39, 0.29) is 27.3 Å². The third kappa shape index (κ3) is 6.25. The summed E-state index contributed by atoms with van der Waals surface area (Å²) in [5.74, 6) is -6.22. The topological polar surface area (TPSA) is 251 Å². The molecule has 0 aliphatic rings. The Hall–Kier alpha value is -6.11. The molecule has 0 fully saturated rings. The van der Waals surface area contributed by atoms with E-state index in [1.807, 2.05) is 0 Å². The molecule has 6 N–H and O–H groups in total. The van der Waals surface area contributed by atoms with Crippen molar-refractivity contribution in [3.05, 3.63) is 97.1 Å². The molecule has 0 atom stereocenters. The maximum absolute atomic E-state index is 13.5. The van der Waals surface area contributed by atoms with Gasteiger partial charge in [0.2, 0.25) is 0 Å². The molecule has 50 heavy (non-hydrogen) atoms. The van der Waals surface area contributed by atoms with Crippen LogP contribution in [0.1, 0.15) is 0 Å². The summed E-state index contributed by atoms with van der Waals surface area (Å²) in [6, 6.07) is 17.0. The van der Waals surface area contributed by atoms with E-state index in [2.05, 4.69) is 0 Å². The van der Waals surface area contributed by atoms with E-state index in [4.69, 9.17) is 12.5 Å². The average molecular weight is 743 g/mol. The Morgan fingerprint density at radius 1 is 0.380 bits per heavy atom. The highest BCUT2D eigenvalue weighted by Crippen LogP contribution is 2.46. The first-order chi connectivity index (χ1) is 23.5. The number of hydrogen-bond donors (Lipinski definition) is 6. The largest absolute Gasteiger partial charge is 0.504 e. The van der Waals surface area contributed by atoms with E-state index in [1.54, 1.807) is 12.1 Å². The first-order valence-electron chi connectivity index (χ1n) is 13.8. The van der Waals surface area contributed by atoms with Crippen molar-refractivity contribution in [3.8, 4) is 51.7 Å². The van der Waals surface area contributed by atoms with E-state index < -0.39 is 91.0 Å². The van der Waals surface area contributed by atoms with Gasteiger partial charge in [0.05, 0.1) is 0 Å². The lowest BCUT2D eigenvalue weighted by Gasteiger charge is -2.18. The Morgan fingerprint density at radius 3 is 1.30 bits per heavy atom. The van der Waals surface area contributed by atoms with Gasteiger partial charge in [-0.1, -0.05) is 24.3 Å². The van der Waals surface area contributed by atoms with Gasteiger partial charge in [-0.3, -0.25) is 0 Å². The van der Waals surface area contributed by atoms with Crippen LogP contribution in [0.2, 0.25) is 0 Å². The lowest BCUT2D eigenvalue weighted by Crippen LogP contribution is -2.14. The van der Waals surface area contributed by atoms with E-state index in [0.717, 1.165) is 54.6 Å². The molecule has 6 aromatic carbocycles. The van der Waals surface area contributed by atoms with Crippen molar-refractivity contribution in [1.29, 1.82) is 0 Å². The maximum atomic E-state index is 13.5. The highest BCUT2D eigenvalue weighted by atomic mass is 32.2. The quantitative estimate of drug-likeness (QED) is 0.0676. The van der Waals surface area contributed by atoms with Crippen molar-refractivity contribution in [3.63, 3.8) is 0 Å². The van der Waals surface area contributed by atoms with Crippen molar-refractivity contribution < 1.29 is 68.4 Å². The van der Waals surface area contributed by atoms with E-state index in [0.29, 0.717) is 12.1 Å². The van der Waals surface area contributed by atoms with Crippen LogP contribution in [-0.4, -0.2) is 55.9 Å². The van der Waals surface area contributed by atoms with Crippen molar-refractivity contribution in [2.24, 2.45) is 0 Å². The molecule has 0 aliphatic heterocycles. The molecule has 6 aromatic rings. The Labute approximate surface area is 283 Å². The Morgan fingerprint density at radius 2 is 0.820 bits per heavy atom. The molecule has 0 aliphatic carbocycles. The summed E-state index contributed by atoms with van der Waals surface area (Å²) in [4.78, 5) is -1.91. The number of rotatable bonds is 9. The standard InChI is InChI=1S/C32H22O15S3/c33-24-9-5-18(14-27(24)36)48(39,40)45-30-12-8-22-23(32(30)47-50(43,44)20-7-11-26(35)29(38)16-20)13-17-3-1-2-4-21(17)31(22)46-49(41,42)19-6-10-25(34)28(37)15-19/h1-16,33-38H. The van der Waals surface area contributed by atoms with Crippen LogP contribution in [0, 0.1) is 0 Å². The van der Waals surface area contributed by atoms with Crippen LogP contribution >= 0.6 is 0 Å². The number of phenols is 6. The molecule has 0 bridgehead atoms. The van der Waals surface area contributed by atoms with E-state index in [1.165, 1.54) is 18.2 Å². The monoisotopic (exact) mass is 742 g/mol. The van der Waals surface area contributed by atoms with Gasteiger partial charge in [-0.25, -0.2) is 0 Å². The zero-order valence-corrected chi connectivity index (χ0v) is 27.3. The third-order valence-electron chi connectivity index (χ3n) is 7.20. The average Bonchev–Trinajstić information content (AvgIpc) is 3.05. The predicted octanol–water partition coefficient (Wildman–Crippen LogP) is 4.53. The fourth-order valence-corrected chi connectivity index (χ4v) is 7.67. The predicted molar refractivity (Wildman–Crippen MR) is 174 cm³/mol. The van der Waals surface area contributed by atoms with Crippen LogP contribution in [0.25, 0.3) is 21.5 Å². The Kier molecular flexibility index (Phi) is 8.17. The van der Waals surface area contributed by atoms with E-state index in [9.17, 15) is 55.9 Å². The maximum Gasteiger partial charge on any atom is 0.339 e. The Bertz CT molecular complexity index is 2690. The van der Waals surface area contributed by atoms with Crippen LogP contribution in [-0.2, 0) is 30.4 Å². The summed E-state index contributed by atoms with van der Waals surface area (Å²) in [5, 5.41) is 58.8. The van der Waals surface area contributed by atoms with Crippen LogP contribution < -0.4 is 12.5 Å². The second-order valence-electron chi connectivity index (χ2n) is 10.5.